The molecule has 0 N–H and O–H groups in total. The first kappa shape index (κ1) is 21.7. The minimum absolute atomic E-state index is 0.138. The van der Waals surface area contributed by atoms with Crippen LogP contribution in [0.5, 0.6) is 0 Å². The monoisotopic (exact) mass is 483 g/mol. The molecular weight excluding hydrogens is 453 g/mol. The van der Waals surface area contributed by atoms with E-state index in [9.17, 15) is 0 Å². The molecular formula is C33H30BNO2. The highest BCUT2D eigenvalue weighted by Crippen LogP contribution is 2.57. The van der Waals surface area contributed by atoms with E-state index in [0.29, 0.717) is 0 Å². The van der Waals surface area contributed by atoms with Crippen LogP contribution in [-0.2, 0) is 14.7 Å². The molecule has 37 heavy (non-hydrogen) atoms. The molecule has 3 aliphatic rings. The van der Waals surface area contributed by atoms with Crippen LogP contribution in [0.1, 0.15) is 52.7 Å². The normalized spacial score (nSPS) is 19.5. The molecule has 1 aromatic heterocycles. The summed E-state index contributed by atoms with van der Waals surface area (Å²) >= 11 is 0. The molecule has 4 heteroatoms. The van der Waals surface area contributed by atoms with E-state index in [4.69, 9.17) is 9.31 Å². The fourth-order valence-corrected chi connectivity index (χ4v) is 6.88. The largest absolute Gasteiger partial charge is 0.494 e. The van der Waals surface area contributed by atoms with Gasteiger partial charge in [-0.1, -0.05) is 74.5 Å². The molecule has 8 rings (SSSR count). The number of aromatic nitrogens is 1. The predicted octanol–water partition coefficient (Wildman–Crippen LogP) is 7.37. The Hall–Kier alpha value is -3.34. The van der Waals surface area contributed by atoms with Gasteiger partial charge in [-0.2, -0.15) is 0 Å². The Morgan fingerprint density at radius 3 is 2.14 bits per heavy atom. The van der Waals surface area contributed by atoms with Gasteiger partial charge in [0.05, 0.1) is 27.9 Å². The fourth-order valence-electron chi connectivity index (χ4n) is 6.88. The Morgan fingerprint density at radius 2 is 1.35 bits per heavy atom. The molecule has 0 saturated carbocycles. The summed E-state index contributed by atoms with van der Waals surface area (Å²) in [6.45, 7) is 13.2. The topological polar surface area (TPSA) is 23.4 Å². The standard InChI is InChI=1S/C33H30BNO2/c1-31(2)24-16-15-22-20-11-7-9-13-26(20)35-27-14-10-8-12-21(27)23-17-19(18-25(31)28(23)29(24)30(22)35)34-36-32(3,4)33(5,6)37-34/h7-18H,1-6H3. The van der Waals surface area contributed by atoms with E-state index in [-0.39, 0.29) is 16.6 Å². The summed E-state index contributed by atoms with van der Waals surface area (Å²) in [5.74, 6) is 0. The van der Waals surface area contributed by atoms with Crippen LogP contribution in [0.25, 0.3) is 49.7 Å². The Morgan fingerprint density at radius 1 is 0.649 bits per heavy atom. The van der Waals surface area contributed by atoms with Crippen molar-refractivity contribution in [2.45, 2.75) is 58.2 Å². The second kappa shape index (κ2) is 6.56. The molecule has 4 aromatic carbocycles. The zero-order chi connectivity index (χ0) is 25.5. The number of para-hydroxylation sites is 2. The molecule has 0 bridgehead atoms. The SMILES string of the molecule is CC1(C)c2cc(B3OC(C)(C)C(C)(C)O3)cc3c2-c2c1ccc1c4ccccc4n(c21)-c1ccccc1-3. The van der Waals surface area contributed by atoms with Crippen molar-refractivity contribution in [1.29, 1.82) is 0 Å². The Labute approximate surface area is 218 Å². The highest BCUT2D eigenvalue weighted by atomic mass is 16.7. The Balaban J connectivity index is 1.53. The summed E-state index contributed by atoms with van der Waals surface area (Å²) in [5.41, 5.74) is 12.0. The van der Waals surface area contributed by atoms with E-state index >= 15 is 0 Å². The summed E-state index contributed by atoms with van der Waals surface area (Å²) in [5, 5.41) is 2.62. The van der Waals surface area contributed by atoms with Crippen molar-refractivity contribution in [3.8, 4) is 27.9 Å². The maximum atomic E-state index is 6.55. The van der Waals surface area contributed by atoms with Crippen molar-refractivity contribution >= 4 is 34.4 Å². The van der Waals surface area contributed by atoms with Crippen molar-refractivity contribution in [1.82, 2.24) is 4.57 Å². The molecule has 5 aromatic rings. The zero-order valence-corrected chi connectivity index (χ0v) is 22.3. The van der Waals surface area contributed by atoms with E-state index in [1.54, 1.807) is 0 Å². The molecule has 2 aliphatic heterocycles. The first-order chi connectivity index (χ1) is 17.6. The molecule has 1 saturated heterocycles. The smallest absolute Gasteiger partial charge is 0.399 e. The summed E-state index contributed by atoms with van der Waals surface area (Å²) in [6, 6.07) is 27.1. The molecule has 0 unspecified atom stereocenters. The van der Waals surface area contributed by atoms with Gasteiger partial charge in [0.2, 0.25) is 0 Å². The average Bonchev–Trinajstić information content (AvgIpc) is 3.36. The number of hydrogen-bond acceptors (Lipinski definition) is 2. The maximum Gasteiger partial charge on any atom is 0.494 e. The van der Waals surface area contributed by atoms with Crippen LogP contribution in [0.3, 0.4) is 0 Å². The Kier molecular flexibility index (Phi) is 3.85. The maximum absolute atomic E-state index is 6.55. The molecule has 0 amide bonds. The van der Waals surface area contributed by atoms with Gasteiger partial charge < -0.3 is 13.9 Å². The van der Waals surface area contributed by atoms with Gasteiger partial charge in [0.1, 0.15) is 0 Å². The number of benzene rings is 4. The van der Waals surface area contributed by atoms with E-state index < -0.39 is 7.12 Å². The minimum atomic E-state index is -0.402. The lowest BCUT2D eigenvalue weighted by Gasteiger charge is -2.32. The minimum Gasteiger partial charge on any atom is -0.399 e. The fraction of sp³-hybridized carbons (Fsp3) is 0.273. The van der Waals surface area contributed by atoms with Gasteiger partial charge >= 0.3 is 7.12 Å². The van der Waals surface area contributed by atoms with Crippen molar-refractivity contribution in [3.05, 3.63) is 83.9 Å². The molecule has 1 fully saturated rings. The molecule has 1 aliphatic carbocycles. The molecule has 0 spiro atoms. The highest BCUT2D eigenvalue weighted by molar-refractivity contribution is 6.62. The van der Waals surface area contributed by atoms with E-state index in [0.717, 1.165) is 5.46 Å². The third-order valence-corrected chi connectivity index (χ3v) is 9.55. The van der Waals surface area contributed by atoms with Gasteiger partial charge in [-0.05, 0) is 67.5 Å². The van der Waals surface area contributed by atoms with Crippen molar-refractivity contribution < 1.29 is 9.31 Å². The van der Waals surface area contributed by atoms with E-state index in [1.165, 1.54) is 60.9 Å². The Bertz CT molecular complexity index is 1810. The van der Waals surface area contributed by atoms with Gasteiger partial charge in [-0.25, -0.2) is 0 Å². The van der Waals surface area contributed by atoms with Crippen LogP contribution in [0.15, 0.2) is 72.8 Å². The van der Waals surface area contributed by atoms with Crippen LogP contribution in [0.2, 0.25) is 0 Å². The van der Waals surface area contributed by atoms with Crippen LogP contribution < -0.4 is 5.46 Å². The number of hydrogen-bond donors (Lipinski definition) is 0. The quantitative estimate of drug-likeness (QED) is 0.228. The molecule has 3 heterocycles. The second-order valence-electron chi connectivity index (χ2n) is 12.5. The van der Waals surface area contributed by atoms with Gasteiger partial charge in [0, 0.05) is 27.3 Å². The van der Waals surface area contributed by atoms with Gasteiger partial charge in [-0.3, -0.25) is 0 Å². The third-order valence-electron chi connectivity index (χ3n) is 9.55. The van der Waals surface area contributed by atoms with Gasteiger partial charge in [-0.15, -0.1) is 0 Å². The lowest BCUT2D eigenvalue weighted by molar-refractivity contribution is 0.00578. The summed E-state index contributed by atoms with van der Waals surface area (Å²) in [6.07, 6.45) is 0. The van der Waals surface area contributed by atoms with Gasteiger partial charge in [0.25, 0.3) is 0 Å². The zero-order valence-electron chi connectivity index (χ0n) is 22.3. The second-order valence-corrected chi connectivity index (χ2v) is 12.5. The first-order valence-corrected chi connectivity index (χ1v) is 13.3. The van der Waals surface area contributed by atoms with Crippen LogP contribution in [0.4, 0.5) is 0 Å². The van der Waals surface area contributed by atoms with Crippen molar-refractivity contribution in [2.24, 2.45) is 0 Å². The number of rotatable bonds is 1. The lowest BCUT2D eigenvalue weighted by atomic mass is 9.73. The van der Waals surface area contributed by atoms with Crippen LogP contribution >= 0.6 is 0 Å². The van der Waals surface area contributed by atoms with Crippen molar-refractivity contribution in [2.75, 3.05) is 0 Å². The summed E-state index contributed by atoms with van der Waals surface area (Å²) < 4.78 is 15.6. The lowest BCUT2D eigenvalue weighted by Crippen LogP contribution is -2.41. The van der Waals surface area contributed by atoms with E-state index in [1.807, 2.05) is 0 Å². The van der Waals surface area contributed by atoms with Crippen LogP contribution in [-0.4, -0.2) is 22.9 Å². The highest BCUT2D eigenvalue weighted by Gasteiger charge is 2.52. The molecule has 3 nitrogen and oxygen atoms in total. The van der Waals surface area contributed by atoms with Crippen LogP contribution in [0, 0.1) is 0 Å². The third kappa shape index (κ3) is 2.51. The molecule has 182 valence electrons. The first-order valence-electron chi connectivity index (χ1n) is 13.3. The summed E-state index contributed by atoms with van der Waals surface area (Å²) in [4.78, 5) is 0. The average molecular weight is 483 g/mol. The molecule has 0 radical (unpaired) electrons. The number of nitrogens with zero attached hydrogens (tertiary/aromatic N) is 1. The van der Waals surface area contributed by atoms with Crippen molar-refractivity contribution in [3.63, 3.8) is 0 Å². The van der Waals surface area contributed by atoms with Gasteiger partial charge in [0.15, 0.2) is 0 Å². The predicted molar refractivity (Wildman–Crippen MR) is 153 cm³/mol. The number of fused-ring (bicyclic) bond motifs is 6. The van der Waals surface area contributed by atoms with E-state index in [2.05, 4.69) is 119 Å². The molecule has 0 atom stereocenters. The summed E-state index contributed by atoms with van der Waals surface area (Å²) in [7, 11) is -0.402.